The minimum Gasteiger partial charge on any atom is -0.462 e. The molecular formula is C77H138O6. The first kappa shape index (κ1) is 79.8. The lowest BCUT2D eigenvalue weighted by Crippen LogP contribution is -2.30. The average Bonchev–Trinajstić information content (AvgIpc) is 3.49. The Bertz CT molecular complexity index is 1520. The molecule has 0 N–H and O–H groups in total. The molecule has 0 aliphatic rings. The fraction of sp³-hybridized carbons (Fsp3) is 0.805. The highest BCUT2D eigenvalue weighted by atomic mass is 16.6. The van der Waals surface area contributed by atoms with Gasteiger partial charge < -0.3 is 14.2 Å². The Balaban J connectivity index is 4.04. The summed E-state index contributed by atoms with van der Waals surface area (Å²) in [5.41, 5.74) is 0. The Kier molecular flexibility index (Phi) is 68.6. The van der Waals surface area contributed by atoms with Crippen LogP contribution in [0.2, 0.25) is 0 Å². The second-order valence-corrected chi connectivity index (χ2v) is 24.5. The van der Waals surface area contributed by atoms with Gasteiger partial charge in [0.25, 0.3) is 0 Å². The third-order valence-corrected chi connectivity index (χ3v) is 16.2. The summed E-state index contributed by atoms with van der Waals surface area (Å²) in [5, 5.41) is 0. The molecule has 1 atom stereocenters. The highest BCUT2D eigenvalue weighted by molar-refractivity contribution is 5.71. The van der Waals surface area contributed by atoms with Crippen LogP contribution in [0.3, 0.4) is 0 Å². The molecule has 482 valence electrons. The van der Waals surface area contributed by atoms with Crippen molar-refractivity contribution >= 4 is 17.9 Å². The molecule has 0 heterocycles. The van der Waals surface area contributed by atoms with Crippen LogP contribution in [-0.2, 0) is 28.6 Å². The molecule has 6 heteroatoms. The number of ether oxygens (including phenoxy) is 3. The third kappa shape index (κ3) is 69.5. The van der Waals surface area contributed by atoms with Crippen molar-refractivity contribution in [1.29, 1.82) is 0 Å². The maximum atomic E-state index is 12.9. The molecule has 0 fully saturated rings. The van der Waals surface area contributed by atoms with Crippen molar-refractivity contribution in [2.75, 3.05) is 13.2 Å². The van der Waals surface area contributed by atoms with E-state index >= 15 is 0 Å². The van der Waals surface area contributed by atoms with E-state index in [0.29, 0.717) is 19.3 Å². The zero-order chi connectivity index (χ0) is 59.9. The molecule has 6 nitrogen and oxygen atoms in total. The van der Waals surface area contributed by atoms with Gasteiger partial charge in [-0.3, -0.25) is 14.4 Å². The SMILES string of the molecule is CC/C=C\C/C=C\C/C=C\C/C=C\C/C=C\C/C=C\CCCCCCCCCCCCC(=O)OCC(COC(=O)CCCCCCCCC)OC(=O)CCCCCCCCCCCCCCCCCCCCCCCCCCCCCCC. The number of hydrogen-bond donors (Lipinski definition) is 0. The molecule has 0 aromatic heterocycles. The maximum absolute atomic E-state index is 12.9. The first-order valence-corrected chi connectivity index (χ1v) is 36.4. The van der Waals surface area contributed by atoms with E-state index in [1.165, 1.54) is 244 Å². The fourth-order valence-electron chi connectivity index (χ4n) is 10.8. The monoisotopic (exact) mass is 1160 g/mol. The second kappa shape index (κ2) is 71.3. The molecule has 0 saturated heterocycles. The molecule has 83 heavy (non-hydrogen) atoms. The van der Waals surface area contributed by atoms with Gasteiger partial charge in [-0.2, -0.15) is 0 Å². The Labute approximate surface area is 516 Å². The number of carbonyl (C=O) groups excluding carboxylic acids is 3. The van der Waals surface area contributed by atoms with Crippen molar-refractivity contribution in [3.8, 4) is 0 Å². The summed E-state index contributed by atoms with van der Waals surface area (Å²) in [5.74, 6) is -0.862. The summed E-state index contributed by atoms with van der Waals surface area (Å²) in [7, 11) is 0. The van der Waals surface area contributed by atoms with Crippen molar-refractivity contribution < 1.29 is 28.6 Å². The first-order valence-electron chi connectivity index (χ1n) is 36.4. The first-order chi connectivity index (χ1) is 41.0. The van der Waals surface area contributed by atoms with Crippen molar-refractivity contribution in [2.45, 2.75) is 386 Å². The van der Waals surface area contributed by atoms with E-state index in [9.17, 15) is 14.4 Å². The molecule has 0 bridgehead atoms. The van der Waals surface area contributed by atoms with Gasteiger partial charge in [0.1, 0.15) is 13.2 Å². The van der Waals surface area contributed by atoms with Crippen LogP contribution >= 0.6 is 0 Å². The van der Waals surface area contributed by atoms with E-state index in [0.717, 1.165) is 96.3 Å². The van der Waals surface area contributed by atoms with Crippen LogP contribution < -0.4 is 0 Å². The van der Waals surface area contributed by atoms with Gasteiger partial charge in [-0.1, -0.05) is 363 Å². The number of allylic oxidation sites excluding steroid dienone is 12. The lowest BCUT2D eigenvalue weighted by molar-refractivity contribution is -0.167. The van der Waals surface area contributed by atoms with Crippen LogP contribution in [0.4, 0.5) is 0 Å². The van der Waals surface area contributed by atoms with Gasteiger partial charge in [-0.25, -0.2) is 0 Å². The fourth-order valence-corrected chi connectivity index (χ4v) is 10.8. The zero-order valence-electron chi connectivity index (χ0n) is 55.5. The van der Waals surface area contributed by atoms with E-state index in [-0.39, 0.29) is 31.1 Å². The van der Waals surface area contributed by atoms with Gasteiger partial charge in [0, 0.05) is 19.3 Å². The zero-order valence-corrected chi connectivity index (χ0v) is 55.5. The van der Waals surface area contributed by atoms with E-state index in [1.54, 1.807) is 0 Å². The van der Waals surface area contributed by atoms with Crippen LogP contribution in [0, 0.1) is 0 Å². The molecule has 0 rings (SSSR count). The maximum Gasteiger partial charge on any atom is 0.306 e. The summed E-state index contributed by atoms with van der Waals surface area (Å²) >= 11 is 0. The van der Waals surface area contributed by atoms with Crippen LogP contribution in [0.5, 0.6) is 0 Å². The summed E-state index contributed by atoms with van der Waals surface area (Å²) in [6.45, 7) is 6.54. The van der Waals surface area contributed by atoms with Gasteiger partial charge in [-0.15, -0.1) is 0 Å². The molecule has 1 unspecified atom stereocenters. The van der Waals surface area contributed by atoms with Crippen molar-refractivity contribution in [1.82, 2.24) is 0 Å². The number of esters is 3. The van der Waals surface area contributed by atoms with Crippen LogP contribution in [-0.4, -0.2) is 37.2 Å². The highest BCUT2D eigenvalue weighted by Crippen LogP contribution is 2.19. The number of carbonyl (C=O) groups is 3. The average molecular weight is 1160 g/mol. The molecule has 0 aromatic rings. The lowest BCUT2D eigenvalue weighted by Gasteiger charge is -2.18. The molecular weight excluding hydrogens is 1020 g/mol. The Hall–Kier alpha value is -3.15. The summed E-state index contributed by atoms with van der Waals surface area (Å²) in [6, 6.07) is 0. The Morgan fingerprint density at radius 3 is 0.735 bits per heavy atom. The molecule has 0 amide bonds. The van der Waals surface area contributed by atoms with Crippen LogP contribution in [0.1, 0.15) is 380 Å². The molecule has 0 saturated carbocycles. The Morgan fingerprint density at radius 1 is 0.253 bits per heavy atom. The van der Waals surface area contributed by atoms with Crippen LogP contribution in [0.15, 0.2) is 72.9 Å². The molecule has 0 spiro atoms. The molecule has 0 radical (unpaired) electrons. The van der Waals surface area contributed by atoms with E-state index in [4.69, 9.17) is 14.2 Å². The summed E-state index contributed by atoms with van der Waals surface area (Å²) < 4.78 is 16.9. The minimum atomic E-state index is -0.773. The normalized spacial score (nSPS) is 12.5. The van der Waals surface area contributed by atoms with Crippen LogP contribution in [0.25, 0.3) is 0 Å². The van der Waals surface area contributed by atoms with E-state index in [2.05, 4.69) is 93.7 Å². The number of rotatable bonds is 67. The molecule has 0 aliphatic heterocycles. The third-order valence-electron chi connectivity index (χ3n) is 16.2. The van der Waals surface area contributed by atoms with E-state index < -0.39 is 6.10 Å². The second-order valence-electron chi connectivity index (χ2n) is 24.5. The highest BCUT2D eigenvalue weighted by Gasteiger charge is 2.19. The van der Waals surface area contributed by atoms with Gasteiger partial charge >= 0.3 is 17.9 Å². The van der Waals surface area contributed by atoms with Crippen molar-refractivity contribution in [3.63, 3.8) is 0 Å². The van der Waals surface area contributed by atoms with Gasteiger partial charge in [-0.05, 0) is 70.6 Å². The van der Waals surface area contributed by atoms with Gasteiger partial charge in [0.2, 0.25) is 0 Å². The Morgan fingerprint density at radius 2 is 0.470 bits per heavy atom. The van der Waals surface area contributed by atoms with Crippen molar-refractivity contribution in [2.24, 2.45) is 0 Å². The minimum absolute atomic E-state index is 0.0720. The number of hydrogen-bond acceptors (Lipinski definition) is 6. The van der Waals surface area contributed by atoms with Gasteiger partial charge in [0.05, 0.1) is 0 Å². The lowest BCUT2D eigenvalue weighted by atomic mass is 10.0. The summed E-state index contributed by atoms with van der Waals surface area (Å²) in [4.78, 5) is 38.2. The smallest absolute Gasteiger partial charge is 0.306 e. The topological polar surface area (TPSA) is 78.9 Å². The molecule has 0 aromatic carbocycles. The molecule has 0 aliphatic carbocycles. The van der Waals surface area contributed by atoms with E-state index in [1.807, 2.05) is 0 Å². The standard InChI is InChI=1S/C77H138O6/c1-4-7-10-13-16-18-20-22-24-26-28-30-32-34-36-38-40-42-44-46-48-50-52-54-56-58-61-64-67-70-76(79)82-73-74(72-81-75(78)69-66-63-60-15-12-9-6-3)83-77(80)71-68-65-62-59-57-55-53-51-49-47-45-43-41-39-37-35-33-31-29-27-25-23-21-19-17-14-11-8-5-2/h7,10,16,18,22,24,28,30,34,36,40,42,74H,4-6,8-9,11-15,17,19-21,23,25-27,29,31-33,35,37-39,41,43-73H2,1-3H3/b10-7-,18-16-,24-22-,30-28-,36-34-,42-40-. The largest absolute Gasteiger partial charge is 0.462 e. The summed E-state index contributed by atoms with van der Waals surface area (Å²) in [6.07, 6.45) is 94.0. The van der Waals surface area contributed by atoms with Gasteiger partial charge in [0.15, 0.2) is 6.10 Å². The predicted octanol–water partition coefficient (Wildman–Crippen LogP) is 25.2. The predicted molar refractivity (Wildman–Crippen MR) is 362 cm³/mol. The quantitative estimate of drug-likeness (QED) is 0.0261. The van der Waals surface area contributed by atoms with Crippen molar-refractivity contribution in [3.05, 3.63) is 72.9 Å². The number of unbranched alkanes of at least 4 members (excludes halogenated alkanes) is 44.